The first-order chi connectivity index (χ1) is 13.5. The highest BCUT2D eigenvalue weighted by molar-refractivity contribution is 6.23. The van der Waals surface area contributed by atoms with Gasteiger partial charge in [0.1, 0.15) is 12.4 Å². The molecule has 0 radical (unpaired) electrons. The van der Waals surface area contributed by atoms with E-state index in [1.807, 2.05) is 0 Å². The molecule has 2 amide bonds. The Morgan fingerprint density at radius 2 is 1.82 bits per heavy atom. The highest BCUT2D eigenvalue weighted by atomic mass is 19.1. The van der Waals surface area contributed by atoms with Gasteiger partial charge in [0.2, 0.25) is 0 Å². The molecule has 1 aliphatic rings. The van der Waals surface area contributed by atoms with Gasteiger partial charge in [-0.05, 0) is 29.8 Å². The number of nitrogens with one attached hydrogen (secondary N) is 1. The Bertz CT molecular complexity index is 1170. The maximum atomic E-state index is 14.5. The fourth-order valence-electron chi connectivity index (χ4n) is 2.93. The van der Waals surface area contributed by atoms with Gasteiger partial charge in [-0.15, -0.1) is 0 Å². The van der Waals surface area contributed by atoms with Crippen LogP contribution in [0.1, 0.15) is 26.3 Å². The molecule has 140 valence electrons. The van der Waals surface area contributed by atoms with Crippen molar-refractivity contribution in [1.29, 1.82) is 0 Å². The summed E-state index contributed by atoms with van der Waals surface area (Å²) < 4.78 is 20.9. The van der Waals surface area contributed by atoms with Crippen LogP contribution in [0, 0.1) is 5.82 Å². The minimum Gasteiger partial charge on any atom is -0.486 e. The van der Waals surface area contributed by atoms with Crippen molar-refractivity contribution in [2.24, 2.45) is 0 Å². The third kappa shape index (κ3) is 2.88. The quantitative estimate of drug-likeness (QED) is 0.661. The number of aromatic nitrogens is 2. The lowest BCUT2D eigenvalue weighted by Crippen LogP contribution is -2.24. The number of fused-ring (bicyclic) bond motifs is 1. The third-order valence-electron chi connectivity index (χ3n) is 4.27. The van der Waals surface area contributed by atoms with E-state index in [-0.39, 0.29) is 35.0 Å². The van der Waals surface area contributed by atoms with Crippen LogP contribution in [-0.4, -0.2) is 21.4 Å². The maximum Gasteiger partial charge on any atom is 0.262 e. The third-order valence-corrected chi connectivity index (χ3v) is 4.27. The van der Waals surface area contributed by atoms with Crippen molar-refractivity contribution in [3.05, 3.63) is 81.7 Å². The summed E-state index contributed by atoms with van der Waals surface area (Å²) in [4.78, 5) is 39.9. The molecular formula is C19H13FN4O4. The van der Waals surface area contributed by atoms with Crippen molar-refractivity contribution >= 4 is 17.6 Å². The molecular weight excluding hydrogens is 367 g/mol. The zero-order chi connectivity index (χ0) is 19.8. The van der Waals surface area contributed by atoms with Crippen LogP contribution in [0.2, 0.25) is 0 Å². The Balaban J connectivity index is 1.69. The van der Waals surface area contributed by atoms with Crippen molar-refractivity contribution in [2.45, 2.75) is 6.61 Å². The van der Waals surface area contributed by atoms with Crippen molar-refractivity contribution in [3.63, 3.8) is 0 Å². The van der Waals surface area contributed by atoms with E-state index in [2.05, 4.69) is 10.3 Å². The molecule has 0 aliphatic carbocycles. The first kappa shape index (κ1) is 17.4. The van der Waals surface area contributed by atoms with Gasteiger partial charge in [-0.3, -0.25) is 29.3 Å². The molecule has 0 spiro atoms. The van der Waals surface area contributed by atoms with E-state index in [4.69, 9.17) is 10.5 Å². The number of hydrogen-bond acceptors (Lipinski definition) is 6. The highest BCUT2D eigenvalue weighted by Gasteiger charge is 2.31. The van der Waals surface area contributed by atoms with Crippen molar-refractivity contribution < 1.29 is 18.7 Å². The SMILES string of the molecule is Nc1c2c(cc(=O)n1-c1ccc(OCc3ccncc3)c(F)c1)C(=O)NC2=O. The van der Waals surface area contributed by atoms with Crippen molar-refractivity contribution in [2.75, 3.05) is 5.73 Å². The van der Waals surface area contributed by atoms with Crippen LogP contribution in [0.15, 0.2) is 53.6 Å². The number of ether oxygens (including phenoxy) is 1. The average molecular weight is 380 g/mol. The Hall–Kier alpha value is -4.01. The molecule has 2 aromatic heterocycles. The van der Waals surface area contributed by atoms with Gasteiger partial charge in [0.05, 0.1) is 16.8 Å². The number of carbonyl (C=O) groups excluding carboxylic acids is 2. The zero-order valence-corrected chi connectivity index (χ0v) is 14.3. The number of nitrogens with two attached hydrogens (primary N) is 1. The number of nitrogens with zero attached hydrogens (tertiary/aromatic N) is 2. The first-order valence-corrected chi connectivity index (χ1v) is 8.18. The molecule has 3 heterocycles. The van der Waals surface area contributed by atoms with Gasteiger partial charge in [-0.2, -0.15) is 0 Å². The van der Waals surface area contributed by atoms with Gasteiger partial charge in [-0.1, -0.05) is 0 Å². The molecule has 3 aromatic rings. The van der Waals surface area contributed by atoms with Gasteiger partial charge in [0, 0.05) is 24.5 Å². The maximum absolute atomic E-state index is 14.5. The van der Waals surface area contributed by atoms with Crippen LogP contribution < -0.4 is 21.3 Å². The molecule has 0 fully saturated rings. The largest absolute Gasteiger partial charge is 0.486 e. The van der Waals surface area contributed by atoms with Crippen LogP contribution in [-0.2, 0) is 6.61 Å². The second kappa shape index (κ2) is 6.62. The Morgan fingerprint density at radius 1 is 1.07 bits per heavy atom. The summed E-state index contributed by atoms with van der Waals surface area (Å²) in [5, 5.41) is 2.07. The Morgan fingerprint density at radius 3 is 2.54 bits per heavy atom. The number of carbonyl (C=O) groups is 2. The highest BCUT2D eigenvalue weighted by Crippen LogP contribution is 2.26. The van der Waals surface area contributed by atoms with Gasteiger partial charge in [0.25, 0.3) is 17.4 Å². The summed E-state index contributed by atoms with van der Waals surface area (Å²) in [6.45, 7) is 0.141. The predicted octanol–water partition coefficient (Wildman–Crippen LogP) is 1.42. The molecule has 1 aromatic carbocycles. The average Bonchev–Trinajstić information content (AvgIpc) is 2.95. The van der Waals surface area contributed by atoms with E-state index >= 15 is 0 Å². The number of benzene rings is 1. The van der Waals surface area contributed by atoms with Gasteiger partial charge < -0.3 is 10.5 Å². The fraction of sp³-hybridized carbons (Fsp3) is 0.0526. The summed E-state index contributed by atoms with van der Waals surface area (Å²) >= 11 is 0. The molecule has 0 bridgehead atoms. The summed E-state index contributed by atoms with van der Waals surface area (Å²) in [7, 11) is 0. The number of pyridine rings is 2. The molecule has 3 N–H and O–H groups in total. The monoisotopic (exact) mass is 380 g/mol. The molecule has 9 heteroatoms. The molecule has 0 saturated carbocycles. The number of hydrogen-bond donors (Lipinski definition) is 2. The van der Waals surface area contributed by atoms with Gasteiger partial charge in [-0.25, -0.2) is 4.39 Å². The summed E-state index contributed by atoms with van der Waals surface area (Å²) in [6, 6.07) is 8.34. The second-order valence-corrected chi connectivity index (χ2v) is 6.03. The van der Waals surface area contributed by atoms with E-state index in [1.165, 1.54) is 12.1 Å². The Kier molecular flexibility index (Phi) is 4.11. The van der Waals surface area contributed by atoms with Crippen molar-refractivity contribution in [3.8, 4) is 11.4 Å². The fourth-order valence-corrected chi connectivity index (χ4v) is 2.93. The van der Waals surface area contributed by atoms with Crippen LogP contribution in [0.5, 0.6) is 5.75 Å². The van der Waals surface area contributed by atoms with E-state index < -0.39 is 23.2 Å². The zero-order valence-electron chi connectivity index (χ0n) is 14.3. The minimum atomic E-state index is -0.709. The molecule has 4 rings (SSSR count). The molecule has 8 nitrogen and oxygen atoms in total. The normalized spacial score (nSPS) is 12.6. The number of anilines is 1. The molecule has 28 heavy (non-hydrogen) atoms. The van der Waals surface area contributed by atoms with Gasteiger partial charge >= 0.3 is 0 Å². The standard InChI is InChI=1S/C19H13FN4O4/c20-13-7-11(1-2-14(13)28-9-10-3-5-22-6-4-10)24-15(25)8-12-16(17(24)21)19(27)23-18(12)26/h1-8H,9,21H2,(H,23,26,27). The molecule has 1 aliphatic heterocycles. The summed E-state index contributed by atoms with van der Waals surface area (Å²) in [6.07, 6.45) is 3.20. The first-order valence-electron chi connectivity index (χ1n) is 8.18. The van der Waals surface area contributed by atoms with E-state index in [9.17, 15) is 18.8 Å². The lowest BCUT2D eigenvalue weighted by molar-refractivity contribution is 0.0880. The lowest BCUT2D eigenvalue weighted by atomic mass is 10.1. The number of nitrogen functional groups attached to an aromatic ring is 1. The number of imide groups is 1. The smallest absolute Gasteiger partial charge is 0.262 e. The number of rotatable bonds is 4. The summed E-state index contributed by atoms with van der Waals surface area (Å²) in [5.41, 5.74) is 5.98. The molecule has 0 atom stereocenters. The molecule has 0 saturated heterocycles. The summed E-state index contributed by atoms with van der Waals surface area (Å²) in [5.74, 6) is -2.36. The van der Waals surface area contributed by atoms with E-state index in [1.54, 1.807) is 24.5 Å². The number of amides is 2. The second-order valence-electron chi connectivity index (χ2n) is 6.03. The van der Waals surface area contributed by atoms with E-state index in [0.29, 0.717) is 0 Å². The Labute approximate surface area is 157 Å². The van der Waals surface area contributed by atoms with Crippen LogP contribution in [0.25, 0.3) is 5.69 Å². The number of halogens is 1. The van der Waals surface area contributed by atoms with Crippen molar-refractivity contribution in [1.82, 2.24) is 14.9 Å². The van der Waals surface area contributed by atoms with Crippen LogP contribution in [0.3, 0.4) is 0 Å². The van der Waals surface area contributed by atoms with Gasteiger partial charge in [0.15, 0.2) is 11.6 Å². The molecule has 0 unspecified atom stereocenters. The predicted molar refractivity (Wildman–Crippen MR) is 96.8 cm³/mol. The van der Waals surface area contributed by atoms with Crippen LogP contribution in [0.4, 0.5) is 10.2 Å². The van der Waals surface area contributed by atoms with Crippen LogP contribution >= 0.6 is 0 Å². The minimum absolute atomic E-state index is 0.0127. The topological polar surface area (TPSA) is 116 Å². The van der Waals surface area contributed by atoms with E-state index in [0.717, 1.165) is 22.3 Å². The lowest BCUT2D eigenvalue weighted by Gasteiger charge is -2.13.